The number of ether oxygens (including phenoxy) is 1. The fraction of sp³-hybridized carbons (Fsp3) is 0.154. The van der Waals surface area contributed by atoms with Crippen molar-refractivity contribution in [3.63, 3.8) is 0 Å². The number of anilines is 1. The molecule has 0 saturated heterocycles. The Labute approximate surface area is 129 Å². The fourth-order valence-corrected chi connectivity index (χ4v) is 2.46. The second kappa shape index (κ2) is 5.90. The van der Waals surface area contributed by atoms with Crippen molar-refractivity contribution in [2.45, 2.75) is 6.92 Å². The summed E-state index contributed by atoms with van der Waals surface area (Å²) in [5.74, 6) is 0.284. The van der Waals surface area contributed by atoms with Gasteiger partial charge in [-0.15, -0.1) is 15.3 Å². The van der Waals surface area contributed by atoms with E-state index in [1.165, 1.54) is 0 Å². The molecule has 112 valence electrons. The molecule has 0 atom stereocenters. The Balaban J connectivity index is 1.93. The number of nitrogens with one attached hydrogen (secondary N) is 1. The fourth-order valence-electron chi connectivity index (χ4n) is 1.91. The monoisotopic (exact) mass is 316 g/mol. The first-order valence-corrected chi connectivity index (χ1v) is 7.09. The Hall–Kier alpha value is -2.81. The standard InChI is InChI=1S/C13H12N6O2S/c1-8-12(22-18-17-8)13(20)16-10-5-9(3-4-11(10)21-2)19-6-14-15-7-19/h3-7H,1-2H3,(H,16,20). The number of benzene rings is 1. The van der Waals surface area contributed by atoms with Crippen LogP contribution in [0.15, 0.2) is 30.9 Å². The Morgan fingerprint density at radius 3 is 2.73 bits per heavy atom. The maximum atomic E-state index is 12.3. The summed E-state index contributed by atoms with van der Waals surface area (Å²) in [6, 6.07) is 5.39. The third kappa shape index (κ3) is 2.66. The van der Waals surface area contributed by atoms with Crippen molar-refractivity contribution in [1.82, 2.24) is 24.4 Å². The number of amides is 1. The van der Waals surface area contributed by atoms with Gasteiger partial charge in [0.2, 0.25) is 0 Å². The predicted octanol–water partition coefficient (Wildman–Crippen LogP) is 1.69. The number of carbonyl (C=O) groups is 1. The lowest BCUT2D eigenvalue weighted by atomic mass is 10.2. The predicted molar refractivity (Wildman–Crippen MR) is 80.5 cm³/mol. The molecule has 0 aliphatic heterocycles. The molecule has 0 spiro atoms. The lowest BCUT2D eigenvalue weighted by molar-refractivity contribution is 0.102. The summed E-state index contributed by atoms with van der Waals surface area (Å²) < 4.78 is 10.8. The van der Waals surface area contributed by atoms with E-state index in [4.69, 9.17) is 4.74 Å². The first kappa shape index (κ1) is 14.1. The molecule has 8 nitrogen and oxygen atoms in total. The zero-order valence-electron chi connectivity index (χ0n) is 11.8. The number of methoxy groups -OCH3 is 1. The van der Waals surface area contributed by atoms with Gasteiger partial charge < -0.3 is 10.1 Å². The molecule has 2 heterocycles. The third-order valence-electron chi connectivity index (χ3n) is 3.01. The number of carbonyl (C=O) groups excluding carboxylic acids is 1. The van der Waals surface area contributed by atoms with Gasteiger partial charge in [0.15, 0.2) is 0 Å². The SMILES string of the molecule is COc1ccc(-n2cnnc2)cc1NC(=O)c1snnc1C. The molecule has 9 heteroatoms. The molecule has 1 amide bonds. The molecule has 2 aromatic heterocycles. The Bertz CT molecular complexity index is 799. The van der Waals surface area contributed by atoms with E-state index in [0.29, 0.717) is 22.0 Å². The van der Waals surface area contributed by atoms with Gasteiger partial charge in [-0.1, -0.05) is 4.49 Å². The van der Waals surface area contributed by atoms with Crippen LogP contribution >= 0.6 is 11.5 Å². The van der Waals surface area contributed by atoms with Gasteiger partial charge in [-0.3, -0.25) is 9.36 Å². The summed E-state index contributed by atoms with van der Waals surface area (Å²) in [7, 11) is 1.54. The van der Waals surface area contributed by atoms with Gasteiger partial charge in [0.1, 0.15) is 23.3 Å². The topological polar surface area (TPSA) is 94.8 Å². The van der Waals surface area contributed by atoms with E-state index >= 15 is 0 Å². The van der Waals surface area contributed by atoms with Crippen molar-refractivity contribution >= 4 is 23.1 Å². The van der Waals surface area contributed by atoms with Crippen LogP contribution < -0.4 is 10.1 Å². The summed E-state index contributed by atoms with van der Waals surface area (Å²) in [6.45, 7) is 1.74. The summed E-state index contributed by atoms with van der Waals surface area (Å²) in [4.78, 5) is 12.8. The van der Waals surface area contributed by atoms with E-state index < -0.39 is 0 Å². The van der Waals surface area contributed by atoms with Gasteiger partial charge in [0.05, 0.1) is 24.2 Å². The summed E-state index contributed by atoms with van der Waals surface area (Å²) in [5.41, 5.74) is 1.95. The molecule has 1 aromatic carbocycles. The third-order valence-corrected chi connectivity index (χ3v) is 3.83. The van der Waals surface area contributed by atoms with Crippen molar-refractivity contribution < 1.29 is 9.53 Å². The van der Waals surface area contributed by atoms with Crippen LogP contribution in [0.5, 0.6) is 5.75 Å². The maximum Gasteiger partial charge on any atom is 0.269 e. The van der Waals surface area contributed by atoms with Gasteiger partial charge in [0, 0.05) is 0 Å². The van der Waals surface area contributed by atoms with Gasteiger partial charge >= 0.3 is 0 Å². The zero-order chi connectivity index (χ0) is 15.5. The first-order valence-electron chi connectivity index (χ1n) is 6.32. The van der Waals surface area contributed by atoms with Crippen molar-refractivity contribution in [1.29, 1.82) is 0 Å². The van der Waals surface area contributed by atoms with E-state index in [-0.39, 0.29) is 5.91 Å². The maximum absolute atomic E-state index is 12.3. The number of hydrogen-bond donors (Lipinski definition) is 1. The molecule has 0 saturated carbocycles. The minimum atomic E-state index is -0.272. The second-order valence-corrected chi connectivity index (χ2v) is 5.15. The number of nitrogens with zero attached hydrogens (tertiary/aromatic N) is 5. The number of rotatable bonds is 4. The highest BCUT2D eigenvalue weighted by Gasteiger charge is 2.16. The second-order valence-electron chi connectivity index (χ2n) is 4.40. The van der Waals surface area contributed by atoms with Crippen molar-refractivity contribution in [3.8, 4) is 11.4 Å². The Morgan fingerprint density at radius 1 is 1.32 bits per heavy atom. The minimum Gasteiger partial charge on any atom is -0.495 e. The average Bonchev–Trinajstić information content (AvgIpc) is 3.18. The number of aryl methyl sites for hydroxylation is 1. The van der Waals surface area contributed by atoms with E-state index in [2.05, 4.69) is 25.1 Å². The highest BCUT2D eigenvalue weighted by molar-refractivity contribution is 7.08. The highest BCUT2D eigenvalue weighted by atomic mass is 32.1. The molecule has 0 fully saturated rings. The molecule has 0 radical (unpaired) electrons. The molecular formula is C13H12N6O2S. The Morgan fingerprint density at radius 2 is 2.09 bits per heavy atom. The van der Waals surface area contributed by atoms with Crippen LogP contribution in [-0.2, 0) is 0 Å². The highest BCUT2D eigenvalue weighted by Crippen LogP contribution is 2.28. The zero-order valence-corrected chi connectivity index (χ0v) is 12.7. The first-order chi connectivity index (χ1) is 10.7. The van der Waals surface area contributed by atoms with Crippen LogP contribution in [0.2, 0.25) is 0 Å². The van der Waals surface area contributed by atoms with Gasteiger partial charge in [-0.25, -0.2) is 0 Å². The Kier molecular flexibility index (Phi) is 3.79. The van der Waals surface area contributed by atoms with Gasteiger partial charge in [-0.2, -0.15) is 0 Å². The smallest absolute Gasteiger partial charge is 0.269 e. The summed E-state index contributed by atoms with van der Waals surface area (Å²) in [6.07, 6.45) is 3.15. The van der Waals surface area contributed by atoms with Crippen LogP contribution in [-0.4, -0.2) is 37.4 Å². The molecule has 22 heavy (non-hydrogen) atoms. The summed E-state index contributed by atoms with van der Waals surface area (Å²) >= 11 is 1.05. The van der Waals surface area contributed by atoms with E-state index in [1.54, 1.807) is 43.4 Å². The average molecular weight is 316 g/mol. The van der Waals surface area contributed by atoms with Crippen LogP contribution in [0.25, 0.3) is 5.69 Å². The quantitative estimate of drug-likeness (QED) is 0.787. The number of hydrogen-bond acceptors (Lipinski definition) is 7. The molecule has 1 N–H and O–H groups in total. The van der Waals surface area contributed by atoms with Crippen LogP contribution in [0.3, 0.4) is 0 Å². The molecule has 3 rings (SSSR count). The lowest BCUT2D eigenvalue weighted by Crippen LogP contribution is -2.12. The summed E-state index contributed by atoms with van der Waals surface area (Å²) in [5, 5.41) is 14.2. The van der Waals surface area contributed by atoms with Gasteiger partial charge in [-0.05, 0) is 36.7 Å². The van der Waals surface area contributed by atoms with E-state index in [0.717, 1.165) is 17.2 Å². The van der Waals surface area contributed by atoms with Crippen molar-refractivity contribution in [2.24, 2.45) is 0 Å². The molecule has 3 aromatic rings. The van der Waals surface area contributed by atoms with Crippen molar-refractivity contribution in [3.05, 3.63) is 41.4 Å². The van der Waals surface area contributed by atoms with Gasteiger partial charge in [0.25, 0.3) is 5.91 Å². The molecule has 0 aliphatic carbocycles. The van der Waals surface area contributed by atoms with Crippen LogP contribution in [0, 0.1) is 6.92 Å². The van der Waals surface area contributed by atoms with Crippen LogP contribution in [0.1, 0.15) is 15.4 Å². The molecule has 0 unspecified atom stereocenters. The molecule has 0 bridgehead atoms. The molecule has 0 aliphatic rings. The van der Waals surface area contributed by atoms with Crippen molar-refractivity contribution in [2.75, 3.05) is 12.4 Å². The normalized spacial score (nSPS) is 10.5. The van der Waals surface area contributed by atoms with E-state index in [1.807, 2.05) is 6.07 Å². The number of aromatic nitrogens is 5. The molecular weight excluding hydrogens is 304 g/mol. The van der Waals surface area contributed by atoms with E-state index in [9.17, 15) is 4.79 Å². The minimum absolute atomic E-state index is 0.272. The lowest BCUT2D eigenvalue weighted by Gasteiger charge is -2.11. The van der Waals surface area contributed by atoms with Crippen LogP contribution in [0.4, 0.5) is 5.69 Å². The largest absolute Gasteiger partial charge is 0.495 e.